The van der Waals surface area contributed by atoms with Crippen molar-refractivity contribution in [2.45, 2.75) is 6.54 Å². The molecule has 27 heavy (non-hydrogen) atoms. The van der Waals surface area contributed by atoms with Crippen molar-refractivity contribution in [2.24, 2.45) is 10.7 Å². The number of aromatic nitrogens is 5. The van der Waals surface area contributed by atoms with Crippen LogP contribution in [-0.2, 0) is 6.54 Å². The van der Waals surface area contributed by atoms with Crippen molar-refractivity contribution in [1.29, 1.82) is 0 Å². The summed E-state index contributed by atoms with van der Waals surface area (Å²) in [5.74, 6) is 0.495. The molecular formula is C20H17N7. The van der Waals surface area contributed by atoms with Gasteiger partial charge in [-0.15, -0.1) is 0 Å². The van der Waals surface area contributed by atoms with E-state index in [0.717, 1.165) is 16.8 Å². The fourth-order valence-corrected chi connectivity index (χ4v) is 2.72. The van der Waals surface area contributed by atoms with Gasteiger partial charge in [0.15, 0.2) is 0 Å². The highest BCUT2D eigenvalue weighted by Gasteiger charge is 2.11. The third kappa shape index (κ3) is 3.57. The van der Waals surface area contributed by atoms with Gasteiger partial charge >= 0.3 is 0 Å². The van der Waals surface area contributed by atoms with Crippen LogP contribution < -0.4 is 5.73 Å². The van der Waals surface area contributed by atoms with Crippen molar-refractivity contribution in [3.8, 4) is 11.3 Å². The second-order valence-electron chi connectivity index (χ2n) is 5.81. The molecule has 0 amide bonds. The largest absolute Gasteiger partial charge is 0.404 e. The molecule has 0 spiro atoms. The minimum absolute atomic E-state index is 0.495. The molecule has 0 atom stereocenters. The third-order valence-corrected chi connectivity index (χ3v) is 4.05. The summed E-state index contributed by atoms with van der Waals surface area (Å²) in [4.78, 5) is 17.3. The van der Waals surface area contributed by atoms with Gasteiger partial charge in [0.25, 0.3) is 5.78 Å². The van der Waals surface area contributed by atoms with Crippen molar-refractivity contribution in [3.63, 3.8) is 0 Å². The molecule has 4 rings (SSSR count). The normalized spacial score (nSPS) is 12.1. The summed E-state index contributed by atoms with van der Waals surface area (Å²) in [7, 11) is 0. The first-order valence-electron chi connectivity index (χ1n) is 8.42. The second-order valence-corrected chi connectivity index (χ2v) is 5.81. The minimum Gasteiger partial charge on any atom is -0.404 e. The number of pyridine rings is 1. The van der Waals surface area contributed by atoms with Crippen molar-refractivity contribution >= 4 is 17.6 Å². The summed E-state index contributed by atoms with van der Waals surface area (Å²) in [6, 6.07) is 15.8. The second kappa shape index (κ2) is 7.57. The van der Waals surface area contributed by atoms with Crippen LogP contribution in [0, 0.1) is 0 Å². The summed E-state index contributed by atoms with van der Waals surface area (Å²) in [6.45, 7) is 0.572. The highest BCUT2D eigenvalue weighted by atomic mass is 15.3. The van der Waals surface area contributed by atoms with E-state index in [1.54, 1.807) is 23.1 Å². The van der Waals surface area contributed by atoms with E-state index in [4.69, 9.17) is 5.73 Å². The Kier molecular flexibility index (Phi) is 4.65. The third-order valence-electron chi connectivity index (χ3n) is 4.05. The highest BCUT2D eigenvalue weighted by molar-refractivity contribution is 6.09. The molecule has 7 heteroatoms. The monoisotopic (exact) mass is 355 g/mol. The van der Waals surface area contributed by atoms with Crippen LogP contribution in [0.25, 0.3) is 22.6 Å². The topological polar surface area (TPSA) is 94.3 Å². The molecule has 0 aliphatic carbocycles. The van der Waals surface area contributed by atoms with E-state index in [0.29, 0.717) is 23.6 Å². The van der Waals surface area contributed by atoms with Crippen molar-refractivity contribution < 1.29 is 0 Å². The number of rotatable bonds is 5. The lowest BCUT2D eigenvalue weighted by Crippen LogP contribution is -2.02. The molecule has 0 saturated heterocycles. The van der Waals surface area contributed by atoms with Crippen LogP contribution in [0.2, 0.25) is 0 Å². The van der Waals surface area contributed by atoms with Gasteiger partial charge in [0, 0.05) is 35.9 Å². The molecule has 0 aliphatic heterocycles. The molecule has 7 nitrogen and oxygen atoms in total. The van der Waals surface area contributed by atoms with E-state index in [2.05, 4.69) is 25.0 Å². The number of aliphatic imine (C=N–C) groups is 1. The van der Waals surface area contributed by atoms with Gasteiger partial charge in [-0.05, 0) is 23.8 Å². The van der Waals surface area contributed by atoms with Gasteiger partial charge in [-0.1, -0.05) is 30.3 Å². The Labute approximate surface area is 156 Å². The fraction of sp³-hybridized carbons (Fsp3) is 0.0500. The van der Waals surface area contributed by atoms with Crippen LogP contribution in [0.4, 0.5) is 0 Å². The fourth-order valence-electron chi connectivity index (χ4n) is 2.72. The quantitative estimate of drug-likeness (QED) is 0.556. The van der Waals surface area contributed by atoms with Gasteiger partial charge in [0.05, 0.1) is 17.9 Å². The van der Waals surface area contributed by atoms with Crippen LogP contribution in [0.5, 0.6) is 0 Å². The summed E-state index contributed by atoms with van der Waals surface area (Å²) in [5, 5.41) is 4.26. The molecule has 3 heterocycles. The zero-order valence-electron chi connectivity index (χ0n) is 14.5. The maximum atomic E-state index is 5.85. The Morgan fingerprint density at radius 1 is 1.11 bits per heavy atom. The van der Waals surface area contributed by atoms with Gasteiger partial charge in [0.1, 0.15) is 6.33 Å². The van der Waals surface area contributed by atoms with Crippen LogP contribution in [0.1, 0.15) is 11.3 Å². The molecule has 3 aromatic heterocycles. The van der Waals surface area contributed by atoms with Crippen LogP contribution in [0.3, 0.4) is 0 Å². The molecule has 0 bridgehead atoms. The molecule has 132 valence electrons. The maximum Gasteiger partial charge on any atom is 0.253 e. The van der Waals surface area contributed by atoms with E-state index in [1.165, 1.54) is 12.5 Å². The first-order valence-corrected chi connectivity index (χ1v) is 8.42. The Morgan fingerprint density at radius 2 is 1.93 bits per heavy atom. The number of benzene rings is 1. The zero-order valence-corrected chi connectivity index (χ0v) is 14.5. The number of nitrogens with two attached hydrogens (primary N) is 1. The number of nitrogens with zero attached hydrogens (tertiary/aromatic N) is 6. The van der Waals surface area contributed by atoms with Crippen molar-refractivity contribution in [1.82, 2.24) is 24.6 Å². The van der Waals surface area contributed by atoms with Crippen LogP contribution in [0.15, 0.2) is 78.4 Å². The first kappa shape index (κ1) is 16.6. The maximum absolute atomic E-state index is 5.85. The average molecular weight is 355 g/mol. The minimum atomic E-state index is 0.495. The summed E-state index contributed by atoms with van der Waals surface area (Å²) in [6.07, 6.45) is 8.18. The Morgan fingerprint density at radius 3 is 2.70 bits per heavy atom. The van der Waals surface area contributed by atoms with E-state index in [-0.39, 0.29) is 0 Å². The molecule has 0 fully saturated rings. The molecule has 2 N–H and O–H groups in total. The van der Waals surface area contributed by atoms with Crippen LogP contribution >= 0.6 is 0 Å². The lowest BCUT2D eigenvalue weighted by Gasteiger charge is -2.07. The molecule has 0 aliphatic rings. The van der Waals surface area contributed by atoms with Crippen molar-refractivity contribution in [3.05, 3.63) is 84.7 Å². The molecule has 1 aromatic carbocycles. The highest BCUT2D eigenvalue weighted by Crippen LogP contribution is 2.22. The van der Waals surface area contributed by atoms with E-state index >= 15 is 0 Å². The number of fused-ring (bicyclic) bond motifs is 1. The van der Waals surface area contributed by atoms with E-state index in [9.17, 15) is 0 Å². The van der Waals surface area contributed by atoms with Crippen LogP contribution in [-0.4, -0.2) is 30.8 Å². The first-order chi connectivity index (χ1) is 13.3. The van der Waals surface area contributed by atoms with Crippen molar-refractivity contribution in [2.75, 3.05) is 0 Å². The lowest BCUT2D eigenvalue weighted by molar-refractivity contribution is 0.944. The van der Waals surface area contributed by atoms with Gasteiger partial charge < -0.3 is 5.73 Å². The summed E-state index contributed by atoms with van der Waals surface area (Å²) >= 11 is 0. The number of hydrogen-bond acceptors (Lipinski definition) is 6. The van der Waals surface area contributed by atoms with E-state index < -0.39 is 0 Å². The average Bonchev–Trinajstić information content (AvgIpc) is 3.21. The lowest BCUT2D eigenvalue weighted by atomic mass is 10.1. The molecular weight excluding hydrogens is 338 g/mol. The zero-order chi connectivity index (χ0) is 18.5. The van der Waals surface area contributed by atoms with Gasteiger partial charge in [0.2, 0.25) is 0 Å². The predicted octanol–water partition coefficient (Wildman–Crippen LogP) is 2.76. The van der Waals surface area contributed by atoms with Gasteiger partial charge in [-0.3, -0.25) is 9.98 Å². The Hall–Kier alpha value is -3.87. The number of allylic oxidation sites excluding steroid dienone is 1. The molecule has 0 saturated carbocycles. The smallest absolute Gasteiger partial charge is 0.253 e. The SMILES string of the molecule is N/C=C(\C=NCc1ccccc1)c1cc(-c2ccncc2)n2ncnc2n1. The number of hydrogen-bond donors (Lipinski definition) is 1. The van der Waals surface area contributed by atoms with E-state index in [1.807, 2.05) is 48.5 Å². The van der Waals surface area contributed by atoms with Gasteiger partial charge in [-0.2, -0.15) is 14.6 Å². The Balaban J connectivity index is 1.70. The molecule has 0 unspecified atom stereocenters. The Bertz CT molecular complexity index is 1100. The summed E-state index contributed by atoms with van der Waals surface area (Å²) < 4.78 is 1.69. The van der Waals surface area contributed by atoms with Gasteiger partial charge in [-0.25, -0.2) is 4.98 Å². The molecule has 0 radical (unpaired) electrons. The predicted molar refractivity (Wildman–Crippen MR) is 105 cm³/mol. The standard InChI is InChI=1S/C20H17N7/c21-11-17(13-23-12-15-4-2-1-3-5-15)18-10-19(16-6-8-22-9-7-16)27-20(26-18)24-14-25-27/h1-11,13-14H,12,21H2/b17-11+,23-13?. The molecule has 4 aromatic rings. The summed E-state index contributed by atoms with van der Waals surface area (Å²) in [5.41, 5.74) is 10.2.